The first-order valence-electron chi connectivity index (χ1n) is 9.42. The molecule has 0 aliphatic carbocycles. The van der Waals surface area contributed by atoms with Crippen LogP contribution in [0.15, 0.2) is 71.9 Å². The molecule has 7 heteroatoms. The van der Waals surface area contributed by atoms with Crippen molar-refractivity contribution in [3.8, 4) is 17.3 Å². The molecule has 0 bridgehead atoms. The summed E-state index contributed by atoms with van der Waals surface area (Å²) in [4.78, 5) is 4.45. The largest absolute Gasteiger partial charge is 0.497 e. The number of hydrogen-bond donors (Lipinski definition) is 1. The van der Waals surface area contributed by atoms with Crippen LogP contribution in [-0.2, 0) is 6.54 Å². The van der Waals surface area contributed by atoms with Crippen molar-refractivity contribution in [2.75, 3.05) is 13.7 Å². The number of hydrogen-bond acceptors (Lipinski definition) is 4. The van der Waals surface area contributed by atoms with Gasteiger partial charge in [0.25, 0.3) is 0 Å². The van der Waals surface area contributed by atoms with E-state index in [1.807, 2.05) is 60.7 Å². The van der Waals surface area contributed by atoms with Crippen LogP contribution in [0.2, 0.25) is 0 Å². The summed E-state index contributed by atoms with van der Waals surface area (Å²) in [7, 11) is 1.65. The van der Waals surface area contributed by atoms with Gasteiger partial charge in [-0.15, -0.1) is 0 Å². The van der Waals surface area contributed by atoms with Crippen molar-refractivity contribution in [2.24, 2.45) is 4.99 Å². The second-order valence-electron chi connectivity index (χ2n) is 6.27. The summed E-state index contributed by atoms with van der Waals surface area (Å²) in [5, 5.41) is 8.65. The molecule has 3 rings (SSSR count). The van der Waals surface area contributed by atoms with Crippen molar-refractivity contribution < 1.29 is 9.47 Å². The number of methoxy groups -OCH3 is 1. The maximum absolute atomic E-state index is 5.88. The highest BCUT2D eigenvalue weighted by Crippen LogP contribution is 2.14. The monoisotopic (exact) mass is 408 g/mol. The number of rotatable bonds is 7. The number of para-hydroxylation sites is 1. The van der Waals surface area contributed by atoms with Crippen LogP contribution in [0.3, 0.4) is 0 Å². The van der Waals surface area contributed by atoms with Crippen LogP contribution in [0.1, 0.15) is 18.9 Å². The summed E-state index contributed by atoms with van der Waals surface area (Å²) < 4.78 is 12.9. The lowest BCUT2D eigenvalue weighted by atomic mass is 10.2. The molecule has 0 aliphatic heterocycles. The van der Waals surface area contributed by atoms with Crippen LogP contribution in [0, 0.1) is 0 Å². The number of benzene rings is 2. The molecule has 0 unspecified atom stereocenters. The third kappa shape index (κ3) is 5.89. The third-order valence-electron chi connectivity index (χ3n) is 4.05. The van der Waals surface area contributed by atoms with E-state index in [0.717, 1.165) is 23.4 Å². The van der Waals surface area contributed by atoms with E-state index in [1.54, 1.807) is 18.0 Å². The second kappa shape index (κ2) is 10.4. The lowest BCUT2D eigenvalue weighted by Gasteiger charge is -2.12. The Balaban J connectivity index is 1.78. The molecule has 150 valence electrons. The van der Waals surface area contributed by atoms with E-state index in [1.165, 1.54) is 0 Å². The number of aromatic nitrogens is 2. The van der Waals surface area contributed by atoms with Gasteiger partial charge in [0.1, 0.15) is 5.75 Å². The van der Waals surface area contributed by atoms with E-state index in [2.05, 4.69) is 22.3 Å². The van der Waals surface area contributed by atoms with Gasteiger partial charge in [-0.1, -0.05) is 37.3 Å². The first kappa shape index (κ1) is 20.5. The minimum absolute atomic E-state index is 0.383. The van der Waals surface area contributed by atoms with Gasteiger partial charge in [0.15, 0.2) is 5.11 Å². The van der Waals surface area contributed by atoms with Gasteiger partial charge in [0.2, 0.25) is 5.88 Å². The molecule has 29 heavy (non-hydrogen) atoms. The van der Waals surface area contributed by atoms with Crippen molar-refractivity contribution in [1.29, 1.82) is 0 Å². The van der Waals surface area contributed by atoms with Crippen LogP contribution >= 0.6 is 12.2 Å². The fourth-order valence-corrected chi connectivity index (χ4v) is 2.83. The maximum atomic E-state index is 5.88. The summed E-state index contributed by atoms with van der Waals surface area (Å²) in [6, 6.07) is 19.5. The Morgan fingerprint density at radius 1 is 1.14 bits per heavy atom. The quantitative estimate of drug-likeness (QED) is 0.605. The Bertz CT molecular complexity index is 1020. The molecule has 0 spiro atoms. The fourth-order valence-electron chi connectivity index (χ4n) is 2.65. The highest BCUT2D eigenvalue weighted by Gasteiger charge is 2.06. The summed E-state index contributed by atoms with van der Waals surface area (Å²) in [5.41, 5.74) is 1.98. The zero-order valence-electron chi connectivity index (χ0n) is 16.5. The highest BCUT2D eigenvalue weighted by molar-refractivity contribution is 7.80. The van der Waals surface area contributed by atoms with Gasteiger partial charge in [-0.3, -0.25) is 0 Å². The molecular formula is C22H24N4O2S. The summed E-state index contributed by atoms with van der Waals surface area (Å²) >= 11 is 5.37. The second-order valence-corrected chi connectivity index (χ2v) is 6.66. The molecule has 1 heterocycles. The third-order valence-corrected chi connectivity index (χ3v) is 4.28. The normalized spacial score (nSPS) is 11.2. The van der Waals surface area contributed by atoms with Crippen LogP contribution < -0.4 is 20.1 Å². The lowest BCUT2D eigenvalue weighted by Crippen LogP contribution is -2.22. The molecule has 1 aromatic heterocycles. The van der Waals surface area contributed by atoms with Gasteiger partial charge in [0, 0.05) is 12.6 Å². The van der Waals surface area contributed by atoms with E-state index < -0.39 is 0 Å². The molecule has 0 saturated carbocycles. The van der Waals surface area contributed by atoms with Crippen LogP contribution in [0.5, 0.6) is 11.6 Å². The zero-order valence-corrected chi connectivity index (χ0v) is 17.4. The zero-order chi connectivity index (χ0) is 20.5. The molecule has 0 atom stereocenters. The first-order valence-corrected chi connectivity index (χ1v) is 9.83. The number of nitrogens with one attached hydrogen (secondary N) is 1. The van der Waals surface area contributed by atoms with Crippen molar-refractivity contribution in [1.82, 2.24) is 15.1 Å². The first-order chi connectivity index (χ1) is 14.2. The van der Waals surface area contributed by atoms with Crippen molar-refractivity contribution in [3.63, 3.8) is 0 Å². The smallest absolute Gasteiger partial charge is 0.217 e. The Morgan fingerprint density at radius 2 is 1.97 bits per heavy atom. The van der Waals surface area contributed by atoms with E-state index in [4.69, 9.17) is 21.7 Å². The Hall–Kier alpha value is -3.19. The standard InChI is InChI=1S/C22H24N4O2S/c1-3-12-28-21-14-18(16-24-26(21)19-9-5-4-6-10-19)25-22(29)23-15-17-8-7-11-20(13-17)27-2/h4-11,13-14,16H,3,12,15H2,1-2H3,(H,23,29)/b25-18+. The lowest BCUT2D eigenvalue weighted by molar-refractivity contribution is 0.291. The molecular weight excluding hydrogens is 384 g/mol. The van der Waals surface area contributed by atoms with Gasteiger partial charge in [-0.05, 0) is 48.5 Å². The molecule has 0 fully saturated rings. The average Bonchev–Trinajstić information content (AvgIpc) is 2.77. The van der Waals surface area contributed by atoms with Gasteiger partial charge >= 0.3 is 0 Å². The van der Waals surface area contributed by atoms with Crippen LogP contribution in [-0.4, -0.2) is 28.6 Å². The predicted octanol–water partition coefficient (Wildman–Crippen LogP) is 3.65. The Morgan fingerprint density at radius 3 is 2.72 bits per heavy atom. The molecule has 0 saturated heterocycles. The SMILES string of the molecule is CCCOc1c/c(=N\C(=S)NCc2cccc(OC)c2)cnn1-c1ccccc1. The number of ether oxygens (including phenoxy) is 2. The molecule has 1 N–H and O–H groups in total. The minimum Gasteiger partial charge on any atom is -0.497 e. The molecule has 2 aromatic carbocycles. The van der Waals surface area contributed by atoms with Gasteiger partial charge in [-0.2, -0.15) is 5.10 Å². The minimum atomic E-state index is 0.383. The fraction of sp³-hybridized carbons (Fsp3) is 0.227. The van der Waals surface area contributed by atoms with Gasteiger partial charge in [-0.25, -0.2) is 9.67 Å². The molecule has 0 aliphatic rings. The predicted molar refractivity (Wildman–Crippen MR) is 117 cm³/mol. The topological polar surface area (TPSA) is 60.7 Å². The van der Waals surface area contributed by atoms with E-state index in [0.29, 0.717) is 29.5 Å². The molecule has 0 radical (unpaired) electrons. The van der Waals surface area contributed by atoms with Crippen LogP contribution in [0.25, 0.3) is 5.69 Å². The van der Waals surface area contributed by atoms with Crippen LogP contribution in [0.4, 0.5) is 0 Å². The summed E-state index contributed by atoms with van der Waals surface area (Å²) in [6.45, 7) is 3.21. The maximum Gasteiger partial charge on any atom is 0.217 e. The molecule has 6 nitrogen and oxygen atoms in total. The van der Waals surface area contributed by atoms with Crippen molar-refractivity contribution >= 4 is 17.3 Å². The van der Waals surface area contributed by atoms with E-state index >= 15 is 0 Å². The highest BCUT2D eigenvalue weighted by atomic mass is 32.1. The van der Waals surface area contributed by atoms with Crippen molar-refractivity contribution in [2.45, 2.75) is 19.9 Å². The van der Waals surface area contributed by atoms with E-state index in [9.17, 15) is 0 Å². The van der Waals surface area contributed by atoms with E-state index in [-0.39, 0.29) is 0 Å². The Kier molecular flexibility index (Phi) is 7.35. The number of nitrogens with zero attached hydrogens (tertiary/aromatic N) is 3. The summed E-state index contributed by atoms with van der Waals surface area (Å²) in [5.74, 6) is 1.43. The van der Waals surface area contributed by atoms with Gasteiger partial charge in [0.05, 0.1) is 31.0 Å². The van der Waals surface area contributed by atoms with Crippen molar-refractivity contribution in [3.05, 3.63) is 77.8 Å². The average molecular weight is 409 g/mol. The summed E-state index contributed by atoms with van der Waals surface area (Å²) in [6.07, 6.45) is 2.57. The molecule has 3 aromatic rings. The number of thiocarbonyl (C=S) groups is 1. The Labute approximate surface area is 175 Å². The molecule has 0 amide bonds. The van der Waals surface area contributed by atoms with Gasteiger partial charge < -0.3 is 14.8 Å².